The predicted octanol–water partition coefficient (Wildman–Crippen LogP) is 3.32. The molecule has 0 saturated heterocycles. The zero-order chi connectivity index (χ0) is 12.1. The van der Waals surface area contributed by atoms with Crippen molar-refractivity contribution >= 4 is 28.4 Å². The Morgan fingerprint density at radius 2 is 2.31 bits per heavy atom. The number of unbranched alkanes of at least 4 members (excludes halogenated alkanes) is 1. The van der Waals surface area contributed by atoms with Crippen molar-refractivity contribution < 1.29 is 8.78 Å². The van der Waals surface area contributed by atoms with E-state index >= 15 is 0 Å². The number of aryl methyl sites for hydroxylation is 1. The Morgan fingerprint density at radius 1 is 1.62 bits per heavy atom. The van der Waals surface area contributed by atoms with E-state index in [1.54, 1.807) is 0 Å². The fourth-order valence-corrected chi connectivity index (χ4v) is 2.69. The van der Waals surface area contributed by atoms with Crippen LogP contribution < -0.4 is 5.56 Å². The maximum atomic E-state index is 12.8. The Balaban J connectivity index is 3.18. The van der Waals surface area contributed by atoms with Crippen LogP contribution in [-0.4, -0.2) is 9.55 Å². The van der Waals surface area contributed by atoms with Crippen LogP contribution in [0, 0.1) is 0 Å². The number of rotatable bonds is 5. The van der Waals surface area contributed by atoms with Gasteiger partial charge in [-0.05, 0) is 40.4 Å². The third kappa shape index (κ3) is 3.20. The Hall–Kier alpha value is -0.100. The van der Waals surface area contributed by atoms with Crippen molar-refractivity contribution in [3.05, 3.63) is 27.7 Å². The lowest BCUT2D eigenvalue weighted by atomic mass is 10.1. The Bertz CT molecular complexity index is 411. The first-order chi connectivity index (χ1) is 7.61. The maximum absolute atomic E-state index is 12.8. The largest absolute Gasteiger partial charge is 0.279 e. The molecule has 3 nitrogen and oxygen atoms in total. The lowest BCUT2D eigenvalue weighted by Gasteiger charge is -2.09. The highest BCUT2D eigenvalue weighted by Gasteiger charge is 2.19. The summed E-state index contributed by atoms with van der Waals surface area (Å²) in [5, 5.41) is 3.87. The molecule has 0 bridgehead atoms. The van der Waals surface area contributed by atoms with Crippen LogP contribution in [0.25, 0.3) is 0 Å². The van der Waals surface area contributed by atoms with Crippen molar-refractivity contribution in [3.63, 3.8) is 0 Å². The highest BCUT2D eigenvalue weighted by molar-refractivity contribution is 14.2. The van der Waals surface area contributed by atoms with Crippen molar-refractivity contribution in [2.24, 2.45) is 0 Å². The van der Waals surface area contributed by atoms with Gasteiger partial charge >= 0.3 is 0 Å². The van der Waals surface area contributed by atoms with Gasteiger partial charge in [-0.2, -0.15) is 5.10 Å². The molecule has 1 atom stereocenters. The summed E-state index contributed by atoms with van der Waals surface area (Å²) < 4.78 is 26.7. The second-order valence-electron chi connectivity index (χ2n) is 3.29. The molecule has 0 saturated carbocycles. The van der Waals surface area contributed by atoms with Crippen LogP contribution in [0.15, 0.2) is 11.0 Å². The van der Waals surface area contributed by atoms with Gasteiger partial charge in [0.1, 0.15) is 0 Å². The van der Waals surface area contributed by atoms with Crippen molar-refractivity contribution in [2.45, 2.75) is 32.6 Å². The first-order valence-corrected chi connectivity index (χ1v) is 8.93. The van der Waals surface area contributed by atoms with Gasteiger partial charge in [-0.1, -0.05) is 13.3 Å². The van der Waals surface area contributed by atoms with Gasteiger partial charge in [0.15, 0.2) is 0 Å². The second kappa shape index (κ2) is 6.59. The van der Waals surface area contributed by atoms with Crippen LogP contribution in [0.3, 0.4) is 0 Å². The van der Waals surface area contributed by atoms with E-state index in [2.05, 4.69) is 5.10 Å². The minimum Gasteiger partial charge on any atom is -0.267 e. The molecule has 1 aromatic rings. The van der Waals surface area contributed by atoms with Crippen LogP contribution in [0.5, 0.6) is 0 Å². The zero-order valence-corrected chi connectivity index (χ0v) is 11.9. The van der Waals surface area contributed by atoms with Crippen molar-refractivity contribution in [3.8, 4) is 0 Å². The molecule has 0 aromatic carbocycles. The number of hydrogen-bond acceptors (Lipinski definition) is 2. The SMILES string of the molecule is CCCCc1cnn(PI)c(=O)c1C(F)F. The van der Waals surface area contributed by atoms with Crippen LogP contribution >= 0.6 is 28.4 Å². The van der Waals surface area contributed by atoms with E-state index in [1.165, 1.54) is 6.20 Å². The molecule has 0 aliphatic rings. The molecule has 0 fully saturated rings. The molecule has 1 rings (SSSR count). The summed E-state index contributed by atoms with van der Waals surface area (Å²) in [6, 6.07) is 0. The quantitative estimate of drug-likeness (QED) is 0.597. The number of hydrogen-bond donors (Lipinski definition) is 0. The van der Waals surface area contributed by atoms with Crippen molar-refractivity contribution in [1.82, 2.24) is 9.55 Å². The Labute approximate surface area is 107 Å². The molecule has 1 unspecified atom stereocenters. The number of halogens is 3. The van der Waals surface area contributed by atoms with Crippen molar-refractivity contribution in [2.75, 3.05) is 0 Å². The van der Waals surface area contributed by atoms with Gasteiger partial charge in [-0.25, -0.2) is 13.2 Å². The minimum absolute atomic E-state index is 0.0464. The minimum atomic E-state index is -2.72. The Morgan fingerprint density at radius 3 is 2.81 bits per heavy atom. The number of nitrogens with zero attached hydrogens (tertiary/aromatic N) is 2. The third-order valence-corrected chi connectivity index (χ3v) is 4.05. The van der Waals surface area contributed by atoms with Gasteiger partial charge in [0.2, 0.25) is 0 Å². The topological polar surface area (TPSA) is 34.9 Å². The molecule has 1 heterocycles. The highest BCUT2D eigenvalue weighted by Crippen LogP contribution is 2.24. The van der Waals surface area contributed by atoms with Crippen molar-refractivity contribution in [1.29, 1.82) is 0 Å². The summed E-state index contributed by atoms with van der Waals surface area (Å²) in [5.74, 6) is 0. The fraction of sp³-hybridized carbons (Fsp3) is 0.556. The molecule has 7 heteroatoms. The summed E-state index contributed by atoms with van der Waals surface area (Å²) in [6.45, 7) is 1.98. The smallest absolute Gasteiger partial charge is 0.267 e. The van der Waals surface area contributed by atoms with Crippen LogP contribution in [0.1, 0.15) is 37.3 Å². The zero-order valence-electron chi connectivity index (χ0n) is 8.71. The van der Waals surface area contributed by atoms with E-state index in [-0.39, 0.29) is 11.9 Å². The molecule has 90 valence electrons. The highest BCUT2D eigenvalue weighted by atomic mass is 127. The molecule has 1 aromatic heterocycles. The summed E-state index contributed by atoms with van der Waals surface area (Å²) in [7, 11) is 0. The molecule has 0 aliphatic heterocycles. The van der Waals surface area contributed by atoms with E-state index in [1.807, 2.05) is 29.0 Å². The first-order valence-electron chi connectivity index (χ1n) is 4.87. The predicted molar refractivity (Wildman–Crippen MR) is 69.8 cm³/mol. The van der Waals surface area contributed by atoms with Gasteiger partial charge in [-0.3, -0.25) is 4.79 Å². The second-order valence-corrected chi connectivity index (χ2v) is 5.33. The van der Waals surface area contributed by atoms with Crippen LogP contribution in [0.2, 0.25) is 0 Å². The molecule has 16 heavy (non-hydrogen) atoms. The van der Waals surface area contributed by atoms with E-state index in [0.717, 1.165) is 17.3 Å². The summed E-state index contributed by atoms with van der Waals surface area (Å²) in [4.78, 5) is 11.6. The lowest BCUT2D eigenvalue weighted by molar-refractivity contribution is 0.148. The average molecular weight is 360 g/mol. The molecule has 0 radical (unpaired) electrons. The average Bonchev–Trinajstić information content (AvgIpc) is 2.25. The molecule has 0 spiro atoms. The van der Waals surface area contributed by atoms with Gasteiger partial charge in [0.25, 0.3) is 12.0 Å². The first kappa shape index (κ1) is 14.0. The Kier molecular flexibility index (Phi) is 5.75. The van der Waals surface area contributed by atoms with Gasteiger partial charge in [0, 0.05) is 0 Å². The van der Waals surface area contributed by atoms with E-state index in [4.69, 9.17) is 0 Å². The van der Waals surface area contributed by atoms with Gasteiger partial charge < -0.3 is 0 Å². The molecular formula is C9H12F2IN2OP. The van der Waals surface area contributed by atoms with Crippen LogP contribution in [0.4, 0.5) is 8.78 Å². The van der Waals surface area contributed by atoms with E-state index in [9.17, 15) is 13.6 Å². The summed E-state index contributed by atoms with van der Waals surface area (Å²) in [6.07, 6.45) is 0.900. The monoisotopic (exact) mass is 360 g/mol. The van der Waals surface area contributed by atoms with Crippen LogP contribution in [-0.2, 0) is 6.42 Å². The molecule has 0 amide bonds. The maximum Gasteiger partial charge on any atom is 0.279 e. The number of alkyl halides is 2. The standard InChI is InChI=1S/C9H12F2IN2OP/c1-2-3-4-6-5-13-14(16-12)9(15)7(6)8(10)11/h5,8,16H,2-4H2,1H3. The third-order valence-electron chi connectivity index (χ3n) is 2.20. The van der Waals surface area contributed by atoms with Gasteiger partial charge in [-0.15, -0.1) is 0 Å². The molecule has 0 N–H and O–H groups in total. The number of aromatic nitrogens is 2. The molecular weight excluding hydrogens is 348 g/mol. The lowest BCUT2D eigenvalue weighted by Crippen LogP contribution is -2.23. The fourth-order valence-electron chi connectivity index (χ4n) is 1.36. The summed E-state index contributed by atoms with van der Waals surface area (Å²) >= 11 is 1.94. The normalized spacial score (nSPS) is 11.8. The summed E-state index contributed by atoms with van der Waals surface area (Å²) in [5.41, 5.74) is -0.656. The van der Waals surface area contributed by atoms with E-state index in [0.29, 0.717) is 12.0 Å². The van der Waals surface area contributed by atoms with Gasteiger partial charge in [0.05, 0.1) is 18.1 Å². The van der Waals surface area contributed by atoms with E-state index < -0.39 is 12.0 Å². The molecule has 0 aliphatic carbocycles.